The van der Waals surface area contributed by atoms with E-state index in [1.807, 2.05) is 39.0 Å². The minimum Gasteiger partial charge on any atom is -0.352 e. The summed E-state index contributed by atoms with van der Waals surface area (Å²) in [4.78, 5) is 23.1. The Morgan fingerprint density at radius 2 is 1.86 bits per heavy atom. The van der Waals surface area contributed by atoms with E-state index in [1.54, 1.807) is 6.07 Å². The summed E-state index contributed by atoms with van der Waals surface area (Å²) in [6.45, 7) is 5.82. The fourth-order valence-corrected chi connectivity index (χ4v) is 1.95. The van der Waals surface area contributed by atoms with Gasteiger partial charge >= 0.3 is 0 Å². The summed E-state index contributed by atoms with van der Waals surface area (Å²) in [5.41, 5.74) is 1.01. The van der Waals surface area contributed by atoms with Crippen LogP contribution >= 0.6 is 11.6 Å². The molecule has 0 saturated heterocycles. The van der Waals surface area contributed by atoms with Gasteiger partial charge in [-0.25, -0.2) is 0 Å². The second-order valence-corrected chi connectivity index (χ2v) is 5.59. The molecule has 116 valence electrons. The second-order valence-electron chi connectivity index (χ2n) is 5.16. The largest absolute Gasteiger partial charge is 0.352 e. The number of carbonyl (C=O) groups excluding carboxylic acids is 2. The first-order valence-electron chi connectivity index (χ1n) is 6.93. The summed E-state index contributed by atoms with van der Waals surface area (Å²) in [7, 11) is 0. The molecule has 0 fully saturated rings. The molecule has 1 aromatic rings. The fourth-order valence-electron chi connectivity index (χ4n) is 1.75. The van der Waals surface area contributed by atoms with Gasteiger partial charge in [-0.1, -0.05) is 23.7 Å². The van der Waals surface area contributed by atoms with Gasteiger partial charge in [-0.3, -0.25) is 9.59 Å². The van der Waals surface area contributed by atoms with Crippen LogP contribution in [0.3, 0.4) is 0 Å². The predicted octanol–water partition coefficient (Wildman–Crippen LogP) is 1.63. The SMILES string of the molecule is CC(C)NC(=O)CNC(=O)CN[C@@H](C)c1cccc(Cl)c1. The Balaban J connectivity index is 2.31. The maximum atomic E-state index is 11.7. The molecule has 1 atom stereocenters. The summed E-state index contributed by atoms with van der Waals surface area (Å²) < 4.78 is 0. The van der Waals surface area contributed by atoms with Crippen LogP contribution in [-0.4, -0.2) is 30.9 Å². The molecular formula is C15H22ClN3O2. The summed E-state index contributed by atoms with van der Waals surface area (Å²) in [5, 5.41) is 9.02. The molecule has 5 nitrogen and oxygen atoms in total. The Hall–Kier alpha value is -1.59. The van der Waals surface area contributed by atoms with Crippen LogP contribution in [-0.2, 0) is 9.59 Å². The molecule has 0 aliphatic carbocycles. The van der Waals surface area contributed by atoms with E-state index in [0.29, 0.717) is 5.02 Å². The third-order valence-electron chi connectivity index (χ3n) is 2.81. The highest BCUT2D eigenvalue weighted by molar-refractivity contribution is 6.30. The molecule has 2 amide bonds. The number of benzene rings is 1. The first-order valence-corrected chi connectivity index (χ1v) is 7.31. The standard InChI is InChI=1S/C15H22ClN3O2/c1-10(2)19-15(21)9-18-14(20)8-17-11(3)12-5-4-6-13(16)7-12/h4-7,10-11,17H,8-9H2,1-3H3,(H,18,20)(H,19,21)/t11-/m0/s1. The molecule has 0 bridgehead atoms. The molecule has 0 unspecified atom stereocenters. The van der Waals surface area contributed by atoms with Crippen molar-refractivity contribution in [2.45, 2.75) is 32.9 Å². The zero-order chi connectivity index (χ0) is 15.8. The Morgan fingerprint density at radius 1 is 1.14 bits per heavy atom. The number of hydrogen-bond acceptors (Lipinski definition) is 3. The van der Waals surface area contributed by atoms with Crippen molar-refractivity contribution in [1.82, 2.24) is 16.0 Å². The van der Waals surface area contributed by atoms with E-state index in [-0.39, 0.29) is 37.0 Å². The monoisotopic (exact) mass is 311 g/mol. The van der Waals surface area contributed by atoms with Crippen LogP contribution < -0.4 is 16.0 Å². The highest BCUT2D eigenvalue weighted by Crippen LogP contribution is 2.16. The van der Waals surface area contributed by atoms with Crippen molar-refractivity contribution in [2.24, 2.45) is 0 Å². The quantitative estimate of drug-likeness (QED) is 0.717. The van der Waals surface area contributed by atoms with E-state index in [0.717, 1.165) is 5.56 Å². The molecule has 21 heavy (non-hydrogen) atoms. The zero-order valence-corrected chi connectivity index (χ0v) is 13.3. The average Bonchev–Trinajstić information content (AvgIpc) is 2.41. The van der Waals surface area contributed by atoms with Crippen molar-refractivity contribution in [3.63, 3.8) is 0 Å². The summed E-state index contributed by atoms with van der Waals surface area (Å²) >= 11 is 5.93. The predicted molar refractivity (Wildman–Crippen MR) is 84.2 cm³/mol. The van der Waals surface area contributed by atoms with E-state index in [2.05, 4.69) is 16.0 Å². The maximum Gasteiger partial charge on any atom is 0.239 e. The minimum absolute atomic E-state index is 0.000981. The molecule has 0 saturated carbocycles. The van der Waals surface area contributed by atoms with Gasteiger partial charge in [0.25, 0.3) is 0 Å². The maximum absolute atomic E-state index is 11.7. The average molecular weight is 312 g/mol. The first kappa shape index (κ1) is 17.5. The summed E-state index contributed by atoms with van der Waals surface area (Å²) in [6.07, 6.45) is 0. The van der Waals surface area contributed by atoms with Crippen LogP contribution in [0.2, 0.25) is 5.02 Å². The van der Waals surface area contributed by atoms with Gasteiger partial charge in [-0.2, -0.15) is 0 Å². The smallest absolute Gasteiger partial charge is 0.239 e. The fraction of sp³-hybridized carbons (Fsp3) is 0.467. The van der Waals surface area contributed by atoms with Gasteiger partial charge in [0.05, 0.1) is 13.1 Å². The van der Waals surface area contributed by atoms with Gasteiger partial charge in [-0.15, -0.1) is 0 Å². The number of nitrogens with one attached hydrogen (secondary N) is 3. The van der Waals surface area contributed by atoms with Crippen molar-refractivity contribution >= 4 is 23.4 Å². The van der Waals surface area contributed by atoms with E-state index >= 15 is 0 Å². The third kappa shape index (κ3) is 7.11. The molecule has 0 aromatic heterocycles. The van der Waals surface area contributed by atoms with Crippen molar-refractivity contribution in [3.05, 3.63) is 34.9 Å². The minimum atomic E-state index is -0.220. The second kappa shape index (κ2) is 8.64. The van der Waals surface area contributed by atoms with Gasteiger partial charge in [0, 0.05) is 17.1 Å². The number of rotatable bonds is 7. The number of halogens is 1. The van der Waals surface area contributed by atoms with Crippen LogP contribution in [0.5, 0.6) is 0 Å². The van der Waals surface area contributed by atoms with Gasteiger partial charge in [0.1, 0.15) is 0 Å². The van der Waals surface area contributed by atoms with Crippen LogP contribution in [0.15, 0.2) is 24.3 Å². The number of carbonyl (C=O) groups is 2. The Kier molecular flexibility index (Phi) is 7.19. The first-order chi connectivity index (χ1) is 9.88. The molecular weight excluding hydrogens is 290 g/mol. The van der Waals surface area contributed by atoms with Crippen LogP contribution in [0.4, 0.5) is 0 Å². The molecule has 6 heteroatoms. The lowest BCUT2D eigenvalue weighted by atomic mass is 10.1. The van der Waals surface area contributed by atoms with Crippen LogP contribution in [0.1, 0.15) is 32.4 Å². The van der Waals surface area contributed by atoms with E-state index in [4.69, 9.17) is 11.6 Å². The van der Waals surface area contributed by atoms with Gasteiger partial charge in [-0.05, 0) is 38.5 Å². The topological polar surface area (TPSA) is 70.2 Å². The molecule has 1 aromatic carbocycles. The Bertz CT molecular complexity index is 492. The lowest BCUT2D eigenvalue weighted by Gasteiger charge is -2.14. The lowest BCUT2D eigenvalue weighted by molar-refractivity contribution is -0.125. The molecule has 0 heterocycles. The molecule has 0 aliphatic heterocycles. The van der Waals surface area contributed by atoms with Crippen LogP contribution in [0, 0.1) is 0 Å². The molecule has 0 radical (unpaired) electrons. The van der Waals surface area contributed by atoms with Crippen molar-refractivity contribution in [1.29, 1.82) is 0 Å². The van der Waals surface area contributed by atoms with Crippen molar-refractivity contribution < 1.29 is 9.59 Å². The zero-order valence-electron chi connectivity index (χ0n) is 12.6. The number of amides is 2. The summed E-state index contributed by atoms with van der Waals surface area (Å²) in [6, 6.07) is 7.53. The molecule has 0 spiro atoms. The van der Waals surface area contributed by atoms with Crippen LogP contribution in [0.25, 0.3) is 0 Å². The van der Waals surface area contributed by atoms with E-state index < -0.39 is 0 Å². The summed E-state index contributed by atoms with van der Waals surface area (Å²) in [5.74, 6) is -0.413. The Morgan fingerprint density at radius 3 is 2.48 bits per heavy atom. The van der Waals surface area contributed by atoms with Crippen molar-refractivity contribution in [3.8, 4) is 0 Å². The van der Waals surface area contributed by atoms with Gasteiger partial charge < -0.3 is 16.0 Å². The highest BCUT2D eigenvalue weighted by atomic mass is 35.5. The van der Waals surface area contributed by atoms with E-state index in [9.17, 15) is 9.59 Å². The third-order valence-corrected chi connectivity index (χ3v) is 3.05. The van der Waals surface area contributed by atoms with E-state index in [1.165, 1.54) is 0 Å². The highest BCUT2D eigenvalue weighted by Gasteiger charge is 2.09. The Labute approximate surface area is 130 Å². The molecule has 1 rings (SSSR count). The normalized spacial score (nSPS) is 12.0. The molecule has 3 N–H and O–H groups in total. The number of hydrogen-bond donors (Lipinski definition) is 3. The lowest BCUT2D eigenvalue weighted by Crippen LogP contribution is -2.42. The van der Waals surface area contributed by atoms with Gasteiger partial charge in [0.2, 0.25) is 11.8 Å². The molecule has 0 aliphatic rings. The van der Waals surface area contributed by atoms with Crippen molar-refractivity contribution in [2.75, 3.05) is 13.1 Å². The van der Waals surface area contributed by atoms with Gasteiger partial charge in [0.15, 0.2) is 0 Å².